The van der Waals surface area contributed by atoms with Gasteiger partial charge in [0, 0.05) is 17.3 Å². The summed E-state index contributed by atoms with van der Waals surface area (Å²) in [4.78, 5) is 14.2. The molecule has 0 unspecified atom stereocenters. The van der Waals surface area contributed by atoms with Crippen LogP contribution in [0.1, 0.15) is 13.3 Å². The lowest BCUT2D eigenvalue weighted by molar-refractivity contribution is -0.117. The van der Waals surface area contributed by atoms with Gasteiger partial charge in [0.25, 0.3) is 0 Å². The Bertz CT molecular complexity index is 453. The van der Waals surface area contributed by atoms with E-state index >= 15 is 0 Å². The quantitative estimate of drug-likeness (QED) is 0.758. The van der Waals surface area contributed by atoms with Crippen LogP contribution in [0, 0.1) is 0 Å². The van der Waals surface area contributed by atoms with E-state index in [1.165, 1.54) is 0 Å². The highest BCUT2D eigenvalue weighted by atomic mass is 35.5. The van der Waals surface area contributed by atoms with Crippen LogP contribution in [0.15, 0.2) is 24.3 Å². The van der Waals surface area contributed by atoms with E-state index in [9.17, 15) is 4.79 Å². The minimum absolute atomic E-state index is 0.105. The molecule has 1 amide bonds. The van der Waals surface area contributed by atoms with Crippen molar-refractivity contribution in [2.24, 2.45) is 5.73 Å². The monoisotopic (exact) mass is 299 g/mol. The van der Waals surface area contributed by atoms with E-state index in [-0.39, 0.29) is 12.5 Å². The molecule has 0 bridgehead atoms. The zero-order valence-corrected chi connectivity index (χ0v) is 12.4. The third-order valence-corrected chi connectivity index (χ3v) is 2.76. The largest absolute Gasteiger partial charge is 0.392 e. The minimum atomic E-state index is -0.105. The Hall–Kier alpha value is -1.17. The fourth-order valence-electron chi connectivity index (χ4n) is 1.72. The van der Waals surface area contributed by atoms with Crippen LogP contribution < -0.4 is 11.1 Å². The number of halogens is 1. The molecular weight excluding hydrogens is 282 g/mol. The molecule has 1 aromatic carbocycles. The number of amides is 1. The second-order valence-corrected chi connectivity index (χ2v) is 5.20. The van der Waals surface area contributed by atoms with Crippen molar-refractivity contribution in [2.45, 2.75) is 13.3 Å². The number of rotatable bonds is 7. The number of thiocarbonyl (C=S) groups is 1. The summed E-state index contributed by atoms with van der Waals surface area (Å²) in [7, 11) is 0. The molecule has 0 aliphatic heterocycles. The van der Waals surface area contributed by atoms with Gasteiger partial charge in [0.2, 0.25) is 5.91 Å². The van der Waals surface area contributed by atoms with Crippen LogP contribution in [0.5, 0.6) is 0 Å². The average molecular weight is 300 g/mol. The van der Waals surface area contributed by atoms with Crippen LogP contribution in [0.4, 0.5) is 5.69 Å². The number of hydrogen-bond donors (Lipinski definition) is 2. The Morgan fingerprint density at radius 3 is 2.79 bits per heavy atom. The minimum Gasteiger partial charge on any atom is -0.392 e. The van der Waals surface area contributed by atoms with Gasteiger partial charge in [-0.2, -0.15) is 0 Å². The number of anilines is 1. The first-order chi connectivity index (χ1) is 9.01. The average Bonchev–Trinajstić information content (AvgIpc) is 2.27. The maximum Gasteiger partial charge on any atom is 0.238 e. The number of nitrogens with zero attached hydrogens (tertiary/aromatic N) is 1. The summed E-state index contributed by atoms with van der Waals surface area (Å²) in [6, 6.07) is 7.04. The first kappa shape index (κ1) is 15.9. The predicted octanol–water partition coefficient (Wildman–Crippen LogP) is 2.28. The molecule has 0 heterocycles. The van der Waals surface area contributed by atoms with Gasteiger partial charge in [-0.15, -0.1) is 0 Å². The van der Waals surface area contributed by atoms with Gasteiger partial charge in [0.15, 0.2) is 0 Å². The molecule has 0 atom stereocenters. The van der Waals surface area contributed by atoms with Crippen LogP contribution in [0.25, 0.3) is 0 Å². The van der Waals surface area contributed by atoms with E-state index in [0.717, 1.165) is 13.0 Å². The fourth-order valence-corrected chi connectivity index (χ4v) is 2.09. The summed E-state index contributed by atoms with van der Waals surface area (Å²) in [6.07, 6.45) is 0.938. The summed E-state index contributed by atoms with van der Waals surface area (Å²) in [6.45, 7) is 3.53. The van der Waals surface area contributed by atoms with Crippen molar-refractivity contribution in [1.29, 1.82) is 0 Å². The highest BCUT2D eigenvalue weighted by Crippen LogP contribution is 2.14. The Labute approximate surface area is 123 Å². The van der Waals surface area contributed by atoms with Gasteiger partial charge in [-0.25, -0.2) is 0 Å². The van der Waals surface area contributed by atoms with Crippen molar-refractivity contribution in [3.63, 3.8) is 0 Å². The van der Waals surface area contributed by atoms with Gasteiger partial charge in [-0.3, -0.25) is 9.69 Å². The van der Waals surface area contributed by atoms with Crippen molar-refractivity contribution < 1.29 is 4.79 Å². The predicted molar refractivity (Wildman–Crippen MR) is 83.6 cm³/mol. The number of hydrogen-bond acceptors (Lipinski definition) is 3. The van der Waals surface area contributed by atoms with Gasteiger partial charge >= 0.3 is 0 Å². The molecule has 6 heteroatoms. The molecular formula is C13H18ClN3OS. The molecule has 0 aromatic heterocycles. The third kappa shape index (κ3) is 6.52. The lowest BCUT2D eigenvalue weighted by Gasteiger charge is -2.20. The highest BCUT2D eigenvalue weighted by molar-refractivity contribution is 7.80. The molecule has 1 rings (SSSR count). The number of benzene rings is 1. The van der Waals surface area contributed by atoms with Gasteiger partial charge in [-0.1, -0.05) is 36.8 Å². The Morgan fingerprint density at radius 2 is 2.21 bits per heavy atom. The molecule has 0 aliphatic rings. The normalized spacial score (nSPS) is 10.5. The Balaban J connectivity index is 2.54. The molecule has 0 radical (unpaired) electrons. The first-order valence-electron chi connectivity index (χ1n) is 6.07. The van der Waals surface area contributed by atoms with Gasteiger partial charge < -0.3 is 11.1 Å². The van der Waals surface area contributed by atoms with Gasteiger partial charge in [-0.05, 0) is 31.2 Å². The Morgan fingerprint density at radius 1 is 1.47 bits per heavy atom. The zero-order valence-electron chi connectivity index (χ0n) is 10.9. The maximum absolute atomic E-state index is 11.9. The molecule has 19 heavy (non-hydrogen) atoms. The van der Waals surface area contributed by atoms with Crippen molar-refractivity contribution in [1.82, 2.24) is 4.90 Å². The van der Waals surface area contributed by atoms with Gasteiger partial charge in [0.1, 0.15) is 0 Å². The summed E-state index contributed by atoms with van der Waals surface area (Å²) in [5.41, 5.74) is 6.20. The first-order valence-corrected chi connectivity index (χ1v) is 6.86. The van der Waals surface area contributed by atoms with E-state index < -0.39 is 0 Å². The molecule has 0 aliphatic carbocycles. The van der Waals surface area contributed by atoms with Crippen molar-refractivity contribution in [2.75, 3.05) is 25.0 Å². The molecule has 0 saturated carbocycles. The van der Waals surface area contributed by atoms with E-state index in [2.05, 4.69) is 5.32 Å². The second-order valence-electron chi connectivity index (χ2n) is 4.24. The van der Waals surface area contributed by atoms with Crippen LogP contribution in [-0.4, -0.2) is 35.4 Å². The Kier molecular flexibility index (Phi) is 6.77. The number of carbonyl (C=O) groups excluding carboxylic acids is 1. The highest BCUT2D eigenvalue weighted by Gasteiger charge is 2.11. The van der Waals surface area contributed by atoms with Crippen LogP contribution in [0.3, 0.4) is 0 Å². The maximum atomic E-state index is 11.9. The van der Waals surface area contributed by atoms with Crippen LogP contribution >= 0.6 is 23.8 Å². The third-order valence-electron chi connectivity index (χ3n) is 2.39. The lowest BCUT2D eigenvalue weighted by atomic mass is 10.3. The summed E-state index contributed by atoms with van der Waals surface area (Å²) < 4.78 is 0. The van der Waals surface area contributed by atoms with Crippen LogP contribution in [0.2, 0.25) is 5.02 Å². The lowest BCUT2D eigenvalue weighted by Crippen LogP contribution is -2.39. The van der Waals surface area contributed by atoms with E-state index in [1.807, 2.05) is 11.8 Å². The molecule has 0 spiro atoms. The van der Waals surface area contributed by atoms with Crippen molar-refractivity contribution >= 4 is 40.4 Å². The number of carbonyl (C=O) groups is 1. The molecule has 104 valence electrons. The SMILES string of the molecule is CCCN(CC(=O)Nc1cccc(Cl)c1)CC(N)=S. The van der Waals surface area contributed by atoms with E-state index in [4.69, 9.17) is 29.6 Å². The van der Waals surface area contributed by atoms with E-state index in [1.54, 1.807) is 24.3 Å². The smallest absolute Gasteiger partial charge is 0.238 e. The standard InChI is InChI=1S/C13H18ClN3OS/c1-2-6-17(8-12(15)19)9-13(18)16-11-5-3-4-10(14)7-11/h3-5,7H,2,6,8-9H2,1H3,(H2,15,19)(H,16,18). The van der Waals surface area contributed by atoms with Crippen molar-refractivity contribution in [3.8, 4) is 0 Å². The molecule has 0 saturated heterocycles. The zero-order chi connectivity index (χ0) is 14.3. The molecule has 3 N–H and O–H groups in total. The van der Waals surface area contributed by atoms with Gasteiger partial charge in [0.05, 0.1) is 11.5 Å². The summed E-state index contributed by atoms with van der Waals surface area (Å²) in [5, 5.41) is 3.38. The topological polar surface area (TPSA) is 58.4 Å². The fraction of sp³-hybridized carbons (Fsp3) is 0.385. The molecule has 1 aromatic rings. The number of nitrogens with one attached hydrogen (secondary N) is 1. The summed E-state index contributed by atoms with van der Waals surface area (Å²) >= 11 is 10.7. The van der Waals surface area contributed by atoms with Crippen LogP contribution in [-0.2, 0) is 4.79 Å². The molecule has 4 nitrogen and oxygen atoms in total. The second kappa shape index (κ2) is 8.09. The number of nitrogens with two attached hydrogens (primary N) is 1. The van der Waals surface area contributed by atoms with E-state index in [0.29, 0.717) is 22.2 Å². The summed E-state index contributed by atoms with van der Waals surface area (Å²) in [5.74, 6) is -0.105. The van der Waals surface area contributed by atoms with Crippen molar-refractivity contribution in [3.05, 3.63) is 29.3 Å². The molecule has 0 fully saturated rings.